The quantitative estimate of drug-likeness (QED) is 0.291. The Morgan fingerprint density at radius 2 is 1.68 bits per heavy atom. The first-order chi connectivity index (χ1) is 13.0. The van der Waals surface area contributed by atoms with Gasteiger partial charge in [0.2, 0.25) is 11.8 Å². The second-order valence-electron chi connectivity index (χ2n) is 9.00. The fourth-order valence-electron chi connectivity index (χ4n) is 3.78. The van der Waals surface area contributed by atoms with E-state index in [0.717, 1.165) is 38.5 Å². The van der Waals surface area contributed by atoms with E-state index >= 15 is 0 Å². The van der Waals surface area contributed by atoms with Crippen LogP contribution in [0.2, 0.25) is 0 Å². The lowest BCUT2D eigenvalue weighted by molar-refractivity contribution is -0.139. The van der Waals surface area contributed by atoms with Crippen molar-refractivity contribution in [3.63, 3.8) is 0 Å². The second-order valence-corrected chi connectivity index (χ2v) is 11.1. The molecule has 1 heterocycles. The summed E-state index contributed by atoms with van der Waals surface area (Å²) in [5.74, 6) is 0.135. The van der Waals surface area contributed by atoms with Gasteiger partial charge < -0.3 is 0 Å². The highest BCUT2D eigenvalue weighted by atomic mass is 32.2. The summed E-state index contributed by atoms with van der Waals surface area (Å²) in [7, 11) is 0. The number of hydrogen-bond donors (Lipinski definition) is 0. The third-order valence-corrected chi connectivity index (χ3v) is 8.72. The Morgan fingerprint density at radius 1 is 1.07 bits per heavy atom. The van der Waals surface area contributed by atoms with Crippen LogP contribution in [-0.2, 0) is 14.4 Å². The molecule has 0 spiro atoms. The number of carbonyl (C=O) groups excluding carboxylic acids is 3. The predicted octanol–water partition coefficient (Wildman–Crippen LogP) is 5.63. The number of imide groups is 1. The smallest absolute Gasteiger partial charge is 0.234 e. The molecule has 1 aliphatic rings. The summed E-state index contributed by atoms with van der Waals surface area (Å²) in [4.78, 5) is 38.8. The summed E-state index contributed by atoms with van der Waals surface area (Å²) in [5, 5.41) is 0. The minimum absolute atomic E-state index is 0.00895. The lowest BCUT2D eigenvalue weighted by atomic mass is 9.89. The van der Waals surface area contributed by atoms with Crippen LogP contribution in [0.25, 0.3) is 0 Å². The molecule has 0 N–H and O–H groups in total. The van der Waals surface area contributed by atoms with E-state index in [-0.39, 0.29) is 33.1 Å². The molecule has 4 nitrogen and oxygen atoms in total. The Labute approximate surface area is 176 Å². The number of carbonyl (C=O) groups is 3. The second kappa shape index (κ2) is 10.8. The maximum atomic E-state index is 13.1. The van der Waals surface area contributed by atoms with Crippen LogP contribution in [0.15, 0.2) is 0 Å². The predicted molar refractivity (Wildman–Crippen MR) is 118 cm³/mol. The number of ketones is 1. The van der Waals surface area contributed by atoms with Gasteiger partial charge in [-0.15, -0.1) is 11.8 Å². The van der Waals surface area contributed by atoms with E-state index in [1.54, 1.807) is 0 Å². The Balaban J connectivity index is 2.67. The van der Waals surface area contributed by atoms with Crippen LogP contribution in [0.1, 0.15) is 99.8 Å². The third-order valence-electron chi connectivity index (χ3n) is 6.61. The molecule has 1 aliphatic heterocycles. The highest BCUT2D eigenvalue weighted by Gasteiger charge is 2.50. The van der Waals surface area contributed by atoms with Crippen molar-refractivity contribution in [2.75, 3.05) is 6.54 Å². The van der Waals surface area contributed by atoms with Gasteiger partial charge in [0.25, 0.3) is 0 Å². The standard InChI is InChI=1S/C23H41NO3S/c1-8-22(6,9-2)28-23(7,10-3)18-16-20(26)24(21(18)27)15-13-11-12-14-19(25)17(4)5/h17-18H,8-16H2,1-7H3/t18?,23-/m0/s1. The summed E-state index contributed by atoms with van der Waals surface area (Å²) in [5.41, 5.74) is 0. The van der Waals surface area contributed by atoms with Crippen LogP contribution in [0.3, 0.4) is 0 Å². The maximum absolute atomic E-state index is 13.1. The van der Waals surface area contributed by atoms with E-state index in [0.29, 0.717) is 25.2 Å². The van der Waals surface area contributed by atoms with Gasteiger partial charge in [0.05, 0.1) is 5.92 Å². The Morgan fingerprint density at radius 3 is 2.18 bits per heavy atom. The molecule has 1 saturated heterocycles. The number of rotatable bonds is 13. The molecule has 1 fully saturated rings. The molecule has 28 heavy (non-hydrogen) atoms. The molecule has 162 valence electrons. The molecular formula is C23H41NO3S. The molecule has 0 radical (unpaired) electrons. The van der Waals surface area contributed by atoms with Gasteiger partial charge in [-0.2, -0.15) is 0 Å². The van der Waals surface area contributed by atoms with Gasteiger partial charge in [0, 0.05) is 34.8 Å². The van der Waals surface area contributed by atoms with Crippen LogP contribution >= 0.6 is 11.8 Å². The highest BCUT2D eigenvalue weighted by molar-refractivity contribution is 8.02. The zero-order chi connectivity index (χ0) is 21.5. The average Bonchev–Trinajstić information content (AvgIpc) is 2.95. The molecule has 0 saturated carbocycles. The van der Waals surface area contributed by atoms with Gasteiger partial charge in [-0.25, -0.2) is 0 Å². The van der Waals surface area contributed by atoms with Crippen molar-refractivity contribution in [1.29, 1.82) is 0 Å². The molecule has 0 bridgehead atoms. The van der Waals surface area contributed by atoms with Crippen molar-refractivity contribution in [2.45, 2.75) is 109 Å². The first-order valence-electron chi connectivity index (χ1n) is 11.1. The van der Waals surface area contributed by atoms with Crippen molar-refractivity contribution in [2.24, 2.45) is 11.8 Å². The average molecular weight is 412 g/mol. The molecule has 2 atom stereocenters. The first-order valence-corrected chi connectivity index (χ1v) is 11.9. The summed E-state index contributed by atoms with van der Waals surface area (Å²) >= 11 is 1.90. The van der Waals surface area contributed by atoms with Crippen molar-refractivity contribution >= 4 is 29.4 Å². The van der Waals surface area contributed by atoms with Crippen molar-refractivity contribution < 1.29 is 14.4 Å². The summed E-state index contributed by atoms with van der Waals surface area (Å²) in [6, 6.07) is 0. The number of hydrogen-bond acceptors (Lipinski definition) is 4. The Kier molecular flexibility index (Phi) is 9.72. The van der Waals surface area contributed by atoms with Gasteiger partial charge in [-0.1, -0.05) is 48.0 Å². The minimum atomic E-state index is -0.227. The topological polar surface area (TPSA) is 54.5 Å². The number of amides is 2. The van der Waals surface area contributed by atoms with Crippen molar-refractivity contribution in [1.82, 2.24) is 4.90 Å². The van der Waals surface area contributed by atoms with Crippen LogP contribution in [0, 0.1) is 11.8 Å². The van der Waals surface area contributed by atoms with Crippen LogP contribution < -0.4 is 0 Å². The molecule has 1 rings (SSSR count). The van der Waals surface area contributed by atoms with Crippen LogP contribution in [-0.4, -0.2) is 38.5 Å². The van der Waals surface area contributed by atoms with E-state index in [1.165, 1.54) is 4.90 Å². The van der Waals surface area contributed by atoms with E-state index in [9.17, 15) is 14.4 Å². The molecule has 0 aromatic heterocycles. The summed E-state index contributed by atoms with van der Waals surface area (Å²) in [6.45, 7) is 15.3. The zero-order valence-corrected chi connectivity index (χ0v) is 19.9. The van der Waals surface area contributed by atoms with Gasteiger partial charge in [0.1, 0.15) is 5.78 Å². The van der Waals surface area contributed by atoms with Crippen molar-refractivity contribution in [3.8, 4) is 0 Å². The van der Waals surface area contributed by atoms with Gasteiger partial charge >= 0.3 is 0 Å². The molecule has 2 amide bonds. The first kappa shape index (κ1) is 25.2. The highest BCUT2D eigenvalue weighted by Crippen LogP contribution is 2.49. The SMILES string of the molecule is CCC(C)(CC)S[C@@](C)(CC)C1CC(=O)N(CCCCCC(=O)C(C)C)C1=O. The Bertz CT molecular complexity index is 556. The monoisotopic (exact) mass is 411 g/mol. The van der Waals surface area contributed by atoms with Crippen LogP contribution in [0.5, 0.6) is 0 Å². The molecular weight excluding hydrogens is 370 g/mol. The fourth-order valence-corrected chi connectivity index (χ4v) is 5.66. The molecule has 0 aromatic rings. The number of thioether (sulfide) groups is 1. The summed E-state index contributed by atoms with van der Waals surface area (Å²) in [6.07, 6.45) is 6.42. The van der Waals surface area contributed by atoms with Crippen LogP contribution in [0.4, 0.5) is 0 Å². The van der Waals surface area contributed by atoms with Gasteiger partial charge in [-0.05, 0) is 39.0 Å². The molecule has 1 unspecified atom stereocenters. The van der Waals surface area contributed by atoms with Crippen molar-refractivity contribution in [3.05, 3.63) is 0 Å². The number of likely N-dealkylation sites (tertiary alicyclic amines) is 1. The van der Waals surface area contributed by atoms with E-state index in [4.69, 9.17) is 0 Å². The largest absolute Gasteiger partial charge is 0.299 e. The number of Topliss-reactive ketones (excluding diaryl/α,β-unsaturated/α-hetero) is 1. The fraction of sp³-hybridized carbons (Fsp3) is 0.870. The van der Waals surface area contributed by atoms with Gasteiger partial charge in [-0.3, -0.25) is 19.3 Å². The van der Waals surface area contributed by atoms with Gasteiger partial charge in [0.15, 0.2) is 0 Å². The lowest BCUT2D eigenvalue weighted by Gasteiger charge is -2.40. The minimum Gasteiger partial charge on any atom is -0.299 e. The number of unbranched alkanes of at least 4 members (excludes halogenated alkanes) is 2. The lowest BCUT2D eigenvalue weighted by Crippen LogP contribution is -2.41. The third kappa shape index (κ3) is 6.33. The molecule has 0 aromatic carbocycles. The van der Waals surface area contributed by atoms with E-state index in [1.807, 2.05) is 25.6 Å². The molecule has 5 heteroatoms. The zero-order valence-electron chi connectivity index (χ0n) is 19.1. The van der Waals surface area contributed by atoms with E-state index < -0.39 is 0 Å². The van der Waals surface area contributed by atoms with E-state index in [2.05, 4.69) is 34.6 Å². The normalized spacial score (nSPS) is 20.1. The number of nitrogens with zero attached hydrogens (tertiary/aromatic N) is 1. The maximum Gasteiger partial charge on any atom is 0.234 e. The Hall–Kier alpha value is -0.840. The summed E-state index contributed by atoms with van der Waals surface area (Å²) < 4.78 is -0.0869. The molecule has 0 aliphatic carbocycles.